The van der Waals surface area contributed by atoms with Crippen LogP contribution in [0.5, 0.6) is 5.75 Å². The number of aromatic hydroxyl groups is 1. The quantitative estimate of drug-likeness (QED) is 0.527. The predicted octanol–water partition coefficient (Wildman–Crippen LogP) is 5.37. The molecule has 1 aromatic rings. The van der Waals surface area contributed by atoms with E-state index in [2.05, 4.69) is 65.3 Å². The highest BCUT2D eigenvalue weighted by atomic mass is 32.2. The lowest BCUT2D eigenvalue weighted by Crippen LogP contribution is -2.17. The first-order chi connectivity index (χ1) is 11.4. The van der Waals surface area contributed by atoms with Crippen LogP contribution in [0.1, 0.15) is 59.6 Å². The van der Waals surface area contributed by atoms with Crippen LogP contribution in [0.2, 0.25) is 0 Å². The lowest BCUT2D eigenvalue weighted by atomic mass is 9.79. The Kier molecular flexibility index (Phi) is 7.75. The molecule has 1 N–H and O–H groups in total. The molecule has 0 aromatic heterocycles. The number of hydrogen-bond donors (Lipinski definition) is 1. The smallest absolute Gasteiger partial charge is 0.315 e. The second-order valence-corrected chi connectivity index (χ2v) is 10.9. The predicted molar refractivity (Wildman–Crippen MR) is 110 cm³/mol. The molecule has 1 rings (SSSR count). The van der Waals surface area contributed by atoms with E-state index >= 15 is 0 Å². The molecule has 0 aliphatic heterocycles. The number of rotatable bonds is 6. The summed E-state index contributed by atoms with van der Waals surface area (Å²) in [5.74, 6) is 1.49. The molecular weight excluding hydrogens is 352 g/mol. The van der Waals surface area contributed by atoms with E-state index in [0.717, 1.165) is 16.9 Å². The summed E-state index contributed by atoms with van der Waals surface area (Å²) in [6.07, 6.45) is 0. The molecular formula is C20H32O3S2. The summed E-state index contributed by atoms with van der Waals surface area (Å²) in [5, 5.41) is 11.1. The van der Waals surface area contributed by atoms with Gasteiger partial charge < -0.3 is 9.84 Å². The molecule has 0 aliphatic carbocycles. The Balaban J connectivity index is 3.01. The SMILES string of the molecule is COC(=O)CSCC(C)Sc1cc(C(C)(C)C)c(O)c(C(C)(C)C)c1. The molecule has 0 radical (unpaired) electrons. The Labute approximate surface area is 161 Å². The van der Waals surface area contributed by atoms with Crippen molar-refractivity contribution in [2.24, 2.45) is 0 Å². The average molecular weight is 385 g/mol. The number of carbonyl (C=O) groups is 1. The van der Waals surface area contributed by atoms with Crippen molar-refractivity contribution in [2.75, 3.05) is 18.6 Å². The second kappa shape index (κ2) is 8.72. The van der Waals surface area contributed by atoms with Gasteiger partial charge in [0.15, 0.2) is 0 Å². The molecule has 0 spiro atoms. The minimum atomic E-state index is -0.183. The minimum Gasteiger partial charge on any atom is -0.507 e. The van der Waals surface area contributed by atoms with E-state index in [9.17, 15) is 9.90 Å². The zero-order valence-electron chi connectivity index (χ0n) is 16.7. The molecule has 0 saturated heterocycles. The van der Waals surface area contributed by atoms with Crippen LogP contribution in [0.3, 0.4) is 0 Å². The monoisotopic (exact) mass is 384 g/mol. The number of carbonyl (C=O) groups excluding carboxylic acids is 1. The van der Waals surface area contributed by atoms with Gasteiger partial charge in [0.1, 0.15) is 5.75 Å². The van der Waals surface area contributed by atoms with E-state index in [1.165, 1.54) is 12.0 Å². The van der Waals surface area contributed by atoms with Crippen LogP contribution >= 0.6 is 23.5 Å². The van der Waals surface area contributed by atoms with Crippen molar-refractivity contribution in [3.8, 4) is 5.75 Å². The van der Waals surface area contributed by atoms with Crippen molar-refractivity contribution in [2.45, 2.75) is 69.4 Å². The average Bonchev–Trinajstić information content (AvgIpc) is 2.46. The second-order valence-electron chi connectivity index (χ2n) is 8.39. The van der Waals surface area contributed by atoms with Crippen molar-refractivity contribution in [1.82, 2.24) is 0 Å². The molecule has 142 valence electrons. The van der Waals surface area contributed by atoms with Gasteiger partial charge in [-0.1, -0.05) is 48.5 Å². The van der Waals surface area contributed by atoms with Gasteiger partial charge in [-0.2, -0.15) is 0 Å². The third kappa shape index (κ3) is 6.78. The summed E-state index contributed by atoms with van der Waals surface area (Å²) in [6, 6.07) is 4.22. The number of phenolic OH excluding ortho intramolecular Hbond substituents is 1. The number of thioether (sulfide) groups is 2. The Bertz CT molecular complexity index is 563. The number of ether oxygens (including phenoxy) is 1. The number of esters is 1. The van der Waals surface area contributed by atoms with Crippen LogP contribution in [0, 0.1) is 0 Å². The maximum Gasteiger partial charge on any atom is 0.315 e. The first-order valence-corrected chi connectivity index (χ1v) is 10.6. The molecule has 0 amide bonds. The van der Waals surface area contributed by atoms with Gasteiger partial charge in [0.25, 0.3) is 0 Å². The lowest BCUT2D eigenvalue weighted by Gasteiger charge is -2.28. The van der Waals surface area contributed by atoms with Crippen LogP contribution in [0.25, 0.3) is 0 Å². The van der Waals surface area contributed by atoms with Gasteiger partial charge in [0.2, 0.25) is 0 Å². The van der Waals surface area contributed by atoms with Gasteiger partial charge in [0, 0.05) is 27.0 Å². The van der Waals surface area contributed by atoms with Gasteiger partial charge in [-0.25, -0.2) is 0 Å². The third-order valence-electron chi connectivity index (χ3n) is 3.84. The van der Waals surface area contributed by atoms with Crippen LogP contribution in [0.15, 0.2) is 17.0 Å². The van der Waals surface area contributed by atoms with E-state index in [1.54, 1.807) is 23.5 Å². The summed E-state index contributed by atoms with van der Waals surface area (Å²) in [5.41, 5.74) is 1.72. The molecule has 25 heavy (non-hydrogen) atoms. The number of phenols is 1. The highest BCUT2D eigenvalue weighted by Crippen LogP contribution is 2.42. The van der Waals surface area contributed by atoms with Gasteiger partial charge >= 0.3 is 5.97 Å². The molecule has 0 heterocycles. The molecule has 1 aromatic carbocycles. The standard InChI is InChI=1S/C20H32O3S2/c1-13(11-24-12-17(21)23-8)25-14-9-15(19(2,3)4)18(22)16(10-14)20(5,6)7/h9-10,13,22H,11-12H2,1-8H3. The van der Waals surface area contributed by atoms with Crippen LogP contribution in [-0.2, 0) is 20.4 Å². The molecule has 3 nitrogen and oxygen atoms in total. The van der Waals surface area contributed by atoms with Crippen LogP contribution in [-0.4, -0.2) is 34.9 Å². The fraction of sp³-hybridized carbons (Fsp3) is 0.650. The Morgan fingerprint density at radius 2 is 1.60 bits per heavy atom. The number of benzene rings is 1. The molecule has 1 atom stereocenters. The summed E-state index contributed by atoms with van der Waals surface area (Å²) < 4.78 is 4.68. The first kappa shape index (κ1) is 22.2. The summed E-state index contributed by atoms with van der Waals surface area (Å²) in [6.45, 7) is 14.9. The van der Waals surface area contributed by atoms with Crippen LogP contribution in [0.4, 0.5) is 0 Å². The van der Waals surface area contributed by atoms with Crippen molar-refractivity contribution < 1.29 is 14.6 Å². The maximum atomic E-state index is 11.2. The summed E-state index contributed by atoms with van der Waals surface area (Å²) in [7, 11) is 1.42. The number of hydrogen-bond acceptors (Lipinski definition) is 5. The third-order valence-corrected chi connectivity index (χ3v) is 6.30. The normalized spacial score (nSPS) is 13.6. The maximum absolute atomic E-state index is 11.2. The highest BCUT2D eigenvalue weighted by molar-refractivity contribution is 8.03. The molecule has 1 unspecified atom stereocenters. The van der Waals surface area contributed by atoms with Crippen molar-refractivity contribution >= 4 is 29.5 Å². The van der Waals surface area contributed by atoms with Crippen molar-refractivity contribution in [3.63, 3.8) is 0 Å². The molecule has 0 bridgehead atoms. The Morgan fingerprint density at radius 3 is 2.00 bits per heavy atom. The van der Waals surface area contributed by atoms with E-state index in [0.29, 0.717) is 16.8 Å². The van der Waals surface area contributed by atoms with Gasteiger partial charge in [-0.05, 0) is 23.0 Å². The largest absolute Gasteiger partial charge is 0.507 e. The summed E-state index contributed by atoms with van der Waals surface area (Å²) >= 11 is 3.38. The molecule has 0 saturated carbocycles. The first-order valence-electron chi connectivity index (χ1n) is 8.55. The van der Waals surface area contributed by atoms with Crippen LogP contribution < -0.4 is 0 Å². The molecule has 0 fully saturated rings. The zero-order chi connectivity index (χ0) is 19.4. The minimum absolute atomic E-state index is 0.122. The van der Waals surface area contributed by atoms with Gasteiger partial charge in [-0.15, -0.1) is 23.5 Å². The lowest BCUT2D eigenvalue weighted by molar-refractivity contribution is -0.137. The van der Waals surface area contributed by atoms with E-state index in [1.807, 2.05) is 0 Å². The van der Waals surface area contributed by atoms with E-state index < -0.39 is 0 Å². The van der Waals surface area contributed by atoms with E-state index in [4.69, 9.17) is 0 Å². The summed E-state index contributed by atoms with van der Waals surface area (Å²) in [4.78, 5) is 12.4. The van der Waals surface area contributed by atoms with Crippen molar-refractivity contribution in [1.29, 1.82) is 0 Å². The molecule has 0 aliphatic rings. The van der Waals surface area contributed by atoms with Gasteiger partial charge in [-0.3, -0.25) is 4.79 Å². The van der Waals surface area contributed by atoms with E-state index in [-0.39, 0.29) is 16.8 Å². The number of methoxy groups -OCH3 is 1. The van der Waals surface area contributed by atoms with Crippen molar-refractivity contribution in [3.05, 3.63) is 23.3 Å². The fourth-order valence-electron chi connectivity index (χ4n) is 2.45. The topological polar surface area (TPSA) is 46.5 Å². The highest BCUT2D eigenvalue weighted by Gasteiger charge is 2.27. The zero-order valence-corrected chi connectivity index (χ0v) is 18.4. The Morgan fingerprint density at radius 1 is 1.12 bits per heavy atom. The Hall–Kier alpha value is -0.810. The molecule has 5 heteroatoms. The fourth-order valence-corrected chi connectivity index (χ4v) is 4.58. The van der Waals surface area contributed by atoms with Gasteiger partial charge in [0.05, 0.1) is 12.9 Å².